The van der Waals surface area contributed by atoms with Gasteiger partial charge in [0.15, 0.2) is 0 Å². The average Bonchev–Trinajstić information content (AvgIpc) is 3.75. The standard InChI is InChI=1S/C60H62O2.2C4H11N/c1-55(2,3)39-25-29-45-46-30-26-40(56(4,5)6)34-52(46)59(61,51(45)33-39)49-19-15-13-17-43(49)37-21-23-38(24-22-37)44-18-14-16-20-50(44)60(62)53-35-41(57(7,8)9)27-31-47(53)48-32-28-42(36-54(48)60)58(10,11)12;2*1-3-5-4-2/h13-36,61-62H,1-12H3;2*5H,3-4H2,1-2H3. The minimum Gasteiger partial charge on any atom is -0.376 e. The van der Waals surface area contributed by atoms with Crippen molar-refractivity contribution in [1.82, 2.24) is 10.6 Å². The first-order chi connectivity index (χ1) is 33.8. The van der Waals surface area contributed by atoms with Gasteiger partial charge in [0.2, 0.25) is 0 Å². The van der Waals surface area contributed by atoms with Gasteiger partial charge in [-0.15, -0.1) is 0 Å². The van der Waals surface area contributed by atoms with Crippen LogP contribution in [-0.4, -0.2) is 36.4 Å². The van der Waals surface area contributed by atoms with Crippen LogP contribution >= 0.6 is 0 Å². The Hall–Kier alpha value is -5.62. The van der Waals surface area contributed by atoms with Gasteiger partial charge in [-0.2, -0.15) is 0 Å². The van der Waals surface area contributed by atoms with Crippen LogP contribution in [0, 0.1) is 0 Å². The van der Waals surface area contributed by atoms with Gasteiger partial charge in [0.05, 0.1) is 0 Å². The molecule has 0 radical (unpaired) electrons. The van der Waals surface area contributed by atoms with Crippen LogP contribution in [0.25, 0.3) is 44.5 Å². The van der Waals surface area contributed by atoms with E-state index in [-0.39, 0.29) is 21.7 Å². The summed E-state index contributed by atoms with van der Waals surface area (Å²) in [6, 6.07) is 52.1. The van der Waals surface area contributed by atoms with Crippen molar-refractivity contribution in [3.05, 3.63) is 201 Å². The Balaban J connectivity index is 0.000000694. The number of rotatable bonds is 8. The fraction of sp³-hybridized carbons (Fsp3) is 0.382. The summed E-state index contributed by atoms with van der Waals surface area (Å²) in [5.41, 5.74) is 15.4. The highest BCUT2D eigenvalue weighted by Gasteiger charge is 2.47. The number of nitrogens with one attached hydrogen (secondary N) is 2. The first kappa shape index (κ1) is 54.2. The molecular weight excluding hydrogens is 877 g/mol. The molecule has 4 heteroatoms. The summed E-state index contributed by atoms with van der Waals surface area (Å²) in [5, 5.41) is 33.4. The third-order valence-electron chi connectivity index (χ3n) is 14.8. The molecule has 0 saturated heterocycles. The van der Waals surface area contributed by atoms with E-state index in [4.69, 9.17) is 0 Å². The maximum Gasteiger partial charge on any atom is 0.142 e. The Morgan fingerprint density at radius 3 is 0.750 bits per heavy atom. The molecule has 7 aromatic rings. The van der Waals surface area contributed by atoms with Crippen molar-refractivity contribution in [1.29, 1.82) is 0 Å². The molecule has 72 heavy (non-hydrogen) atoms. The van der Waals surface area contributed by atoms with Gasteiger partial charge in [-0.25, -0.2) is 0 Å². The lowest BCUT2D eigenvalue weighted by Crippen LogP contribution is -2.28. The largest absolute Gasteiger partial charge is 0.376 e. The van der Waals surface area contributed by atoms with E-state index in [9.17, 15) is 10.2 Å². The van der Waals surface area contributed by atoms with Crippen LogP contribution in [-0.2, 0) is 32.9 Å². The topological polar surface area (TPSA) is 64.5 Å². The lowest BCUT2D eigenvalue weighted by molar-refractivity contribution is 0.130. The normalized spacial score (nSPS) is 14.2. The van der Waals surface area contributed by atoms with E-state index in [1.54, 1.807) is 0 Å². The van der Waals surface area contributed by atoms with Crippen LogP contribution in [0.15, 0.2) is 146 Å². The zero-order valence-electron chi connectivity index (χ0n) is 46.6. The lowest BCUT2D eigenvalue weighted by Gasteiger charge is -2.32. The van der Waals surface area contributed by atoms with Gasteiger partial charge in [-0.3, -0.25) is 0 Å². The second-order valence-corrected chi connectivity index (χ2v) is 24.0. The molecule has 0 amide bonds. The second kappa shape index (κ2) is 20.7. The fourth-order valence-electron chi connectivity index (χ4n) is 10.5. The van der Waals surface area contributed by atoms with Crippen molar-refractivity contribution < 1.29 is 10.2 Å². The van der Waals surface area contributed by atoms with Crippen LogP contribution in [0.2, 0.25) is 0 Å². The lowest BCUT2D eigenvalue weighted by atomic mass is 9.76. The zero-order valence-corrected chi connectivity index (χ0v) is 46.6. The number of aliphatic hydroxyl groups is 2. The molecule has 0 fully saturated rings. The van der Waals surface area contributed by atoms with Gasteiger partial charge >= 0.3 is 0 Å². The Morgan fingerprint density at radius 1 is 0.306 bits per heavy atom. The summed E-state index contributed by atoms with van der Waals surface area (Å²) in [7, 11) is 0. The Bertz CT molecular complexity index is 2680. The second-order valence-electron chi connectivity index (χ2n) is 24.0. The maximum absolute atomic E-state index is 13.6. The van der Waals surface area contributed by atoms with Gasteiger partial charge in [-0.1, -0.05) is 256 Å². The molecule has 0 saturated carbocycles. The molecule has 2 aliphatic carbocycles. The molecule has 7 aromatic carbocycles. The molecule has 0 spiro atoms. The summed E-state index contributed by atoms with van der Waals surface area (Å²) in [6.45, 7) is 39.6. The average molecular weight is 961 g/mol. The van der Waals surface area contributed by atoms with E-state index < -0.39 is 11.2 Å². The summed E-state index contributed by atoms with van der Waals surface area (Å²) in [5.74, 6) is 0. The van der Waals surface area contributed by atoms with Crippen molar-refractivity contribution in [2.45, 2.75) is 144 Å². The summed E-state index contributed by atoms with van der Waals surface area (Å²) < 4.78 is 0. The van der Waals surface area contributed by atoms with Gasteiger partial charge < -0.3 is 20.8 Å². The van der Waals surface area contributed by atoms with Crippen molar-refractivity contribution in [2.75, 3.05) is 26.2 Å². The molecule has 0 heterocycles. The smallest absolute Gasteiger partial charge is 0.142 e. The highest BCUT2D eigenvalue weighted by molar-refractivity contribution is 5.88. The highest BCUT2D eigenvalue weighted by Crippen LogP contribution is 2.56. The van der Waals surface area contributed by atoms with E-state index in [1.807, 2.05) is 0 Å². The minimum absolute atomic E-state index is 0.0908. The molecule has 378 valence electrons. The zero-order chi connectivity index (χ0) is 52.6. The van der Waals surface area contributed by atoms with E-state index in [0.29, 0.717) is 0 Å². The van der Waals surface area contributed by atoms with Gasteiger partial charge in [0, 0.05) is 33.4 Å². The highest BCUT2D eigenvalue weighted by atomic mass is 16.3. The Labute approximate surface area is 434 Å². The van der Waals surface area contributed by atoms with Crippen molar-refractivity contribution in [2.24, 2.45) is 0 Å². The first-order valence-corrected chi connectivity index (χ1v) is 26.6. The first-order valence-electron chi connectivity index (χ1n) is 26.6. The van der Waals surface area contributed by atoms with Crippen LogP contribution in [0.4, 0.5) is 0 Å². The molecule has 0 unspecified atom stereocenters. The molecule has 0 aromatic heterocycles. The quantitative estimate of drug-likeness (QED) is 0.123. The molecule has 0 atom stereocenters. The predicted octanol–water partition coefficient (Wildman–Crippen LogP) is 16.0. The number of hydrogen-bond acceptors (Lipinski definition) is 4. The third kappa shape index (κ3) is 10.3. The number of hydrogen-bond donors (Lipinski definition) is 4. The number of fused-ring (bicyclic) bond motifs is 6. The fourth-order valence-corrected chi connectivity index (χ4v) is 10.5. The minimum atomic E-state index is -1.38. The van der Waals surface area contributed by atoms with Gasteiger partial charge in [0.1, 0.15) is 11.2 Å². The van der Waals surface area contributed by atoms with E-state index in [1.165, 1.54) is 22.3 Å². The summed E-state index contributed by atoms with van der Waals surface area (Å²) in [6.07, 6.45) is 0. The maximum atomic E-state index is 13.6. The molecule has 4 nitrogen and oxygen atoms in total. The van der Waals surface area contributed by atoms with Crippen LogP contribution in [0.3, 0.4) is 0 Å². The van der Waals surface area contributed by atoms with Crippen LogP contribution in [0.5, 0.6) is 0 Å². The van der Waals surface area contributed by atoms with E-state index in [2.05, 4.69) is 267 Å². The van der Waals surface area contributed by atoms with Gasteiger partial charge in [0.25, 0.3) is 0 Å². The molecule has 0 bridgehead atoms. The van der Waals surface area contributed by atoms with Crippen molar-refractivity contribution >= 4 is 0 Å². The molecule has 0 aliphatic heterocycles. The van der Waals surface area contributed by atoms with E-state index in [0.717, 1.165) is 104 Å². The molecule has 4 N–H and O–H groups in total. The molecule has 2 aliphatic rings. The third-order valence-corrected chi connectivity index (χ3v) is 14.8. The van der Waals surface area contributed by atoms with Gasteiger partial charge in [-0.05, 0) is 115 Å². The number of benzene rings is 7. The van der Waals surface area contributed by atoms with Crippen LogP contribution < -0.4 is 10.6 Å². The Morgan fingerprint density at radius 2 is 0.542 bits per heavy atom. The SMILES string of the molecule is CC(C)(C)c1ccc2c(c1)C(O)(c1ccccc1-c1ccc(-c3ccccc3C3(O)c4cc(C(C)(C)C)ccc4-c4ccc(C(C)(C)C)cc43)cc1)c1cc(C(C)(C)C)ccc1-2.CCNCC.CCNCC. The molecule has 9 rings (SSSR count). The summed E-state index contributed by atoms with van der Waals surface area (Å²) in [4.78, 5) is 0. The monoisotopic (exact) mass is 961 g/mol. The van der Waals surface area contributed by atoms with Crippen molar-refractivity contribution in [3.8, 4) is 44.5 Å². The van der Waals surface area contributed by atoms with E-state index >= 15 is 0 Å². The van der Waals surface area contributed by atoms with Crippen molar-refractivity contribution in [3.63, 3.8) is 0 Å². The predicted molar refractivity (Wildman–Crippen MR) is 309 cm³/mol. The van der Waals surface area contributed by atoms with Crippen LogP contribution in [0.1, 0.15) is 166 Å². The Kier molecular flexibility index (Phi) is 15.6. The summed E-state index contributed by atoms with van der Waals surface area (Å²) >= 11 is 0. The molecular formula is C68H84N2O2.